The zero-order valence-electron chi connectivity index (χ0n) is 11.9. The third-order valence-electron chi connectivity index (χ3n) is 4.07. The molecule has 5 nitrogen and oxygen atoms in total. The summed E-state index contributed by atoms with van der Waals surface area (Å²) in [4.78, 5) is 12.0. The quantitative estimate of drug-likeness (QED) is 0.899. The summed E-state index contributed by atoms with van der Waals surface area (Å²) < 4.78 is 4.88. The standard InChI is InChI=1S/C16H18N2O3/c1-11-14(9-18-21-11)15(19)17-10-16(20)7-6-12-4-2-3-5-13(12)8-16/h2-5,9,20H,6-8,10H2,1H3,(H,17,19)/t16-/m1/s1. The molecule has 1 heterocycles. The fourth-order valence-electron chi connectivity index (χ4n) is 2.79. The normalized spacial score (nSPS) is 20.9. The highest BCUT2D eigenvalue weighted by molar-refractivity contribution is 5.94. The van der Waals surface area contributed by atoms with Gasteiger partial charge < -0.3 is 14.9 Å². The Balaban J connectivity index is 1.66. The molecule has 0 bridgehead atoms. The van der Waals surface area contributed by atoms with Gasteiger partial charge in [-0.15, -0.1) is 0 Å². The van der Waals surface area contributed by atoms with E-state index in [0.717, 1.165) is 12.0 Å². The van der Waals surface area contributed by atoms with Crippen LogP contribution in [0.5, 0.6) is 0 Å². The van der Waals surface area contributed by atoms with E-state index in [-0.39, 0.29) is 12.5 Å². The van der Waals surface area contributed by atoms with E-state index in [2.05, 4.69) is 16.5 Å². The summed E-state index contributed by atoms with van der Waals surface area (Å²) in [7, 11) is 0. The average Bonchev–Trinajstić information content (AvgIpc) is 2.91. The van der Waals surface area contributed by atoms with Gasteiger partial charge in [-0.3, -0.25) is 4.79 Å². The van der Waals surface area contributed by atoms with Gasteiger partial charge in [-0.2, -0.15) is 0 Å². The van der Waals surface area contributed by atoms with Gasteiger partial charge >= 0.3 is 0 Å². The van der Waals surface area contributed by atoms with Crippen molar-refractivity contribution in [2.75, 3.05) is 6.54 Å². The monoisotopic (exact) mass is 286 g/mol. The average molecular weight is 286 g/mol. The fraction of sp³-hybridized carbons (Fsp3) is 0.375. The molecule has 1 aliphatic rings. The van der Waals surface area contributed by atoms with Crippen molar-refractivity contribution < 1.29 is 14.4 Å². The number of carbonyl (C=O) groups excluding carboxylic acids is 1. The molecule has 110 valence electrons. The first-order valence-corrected chi connectivity index (χ1v) is 7.06. The van der Waals surface area contributed by atoms with Crippen molar-refractivity contribution in [1.82, 2.24) is 10.5 Å². The van der Waals surface area contributed by atoms with Crippen LogP contribution in [0, 0.1) is 6.92 Å². The third-order valence-corrected chi connectivity index (χ3v) is 4.07. The molecule has 1 aliphatic carbocycles. The number of hydrogen-bond acceptors (Lipinski definition) is 4. The van der Waals surface area contributed by atoms with Gasteiger partial charge in [0.25, 0.3) is 5.91 Å². The van der Waals surface area contributed by atoms with E-state index < -0.39 is 5.60 Å². The first kappa shape index (κ1) is 13.8. The molecule has 1 aromatic carbocycles. The summed E-state index contributed by atoms with van der Waals surface area (Å²) in [6, 6.07) is 8.11. The Labute approximate surface area is 123 Å². The van der Waals surface area contributed by atoms with Crippen LogP contribution in [-0.4, -0.2) is 28.3 Å². The molecule has 0 fully saturated rings. The maximum absolute atomic E-state index is 12.0. The predicted octanol–water partition coefficient (Wildman–Crippen LogP) is 1.63. The number of benzene rings is 1. The summed E-state index contributed by atoms with van der Waals surface area (Å²) in [5.41, 5.74) is 1.95. The second-order valence-electron chi connectivity index (χ2n) is 5.65. The van der Waals surface area contributed by atoms with Crippen LogP contribution in [0.1, 0.15) is 33.7 Å². The van der Waals surface area contributed by atoms with Crippen LogP contribution in [0.4, 0.5) is 0 Å². The molecular weight excluding hydrogens is 268 g/mol. The molecule has 2 N–H and O–H groups in total. The van der Waals surface area contributed by atoms with E-state index in [9.17, 15) is 9.90 Å². The van der Waals surface area contributed by atoms with Crippen molar-refractivity contribution in [3.63, 3.8) is 0 Å². The molecule has 1 atom stereocenters. The van der Waals surface area contributed by atoms with Gasteiger partial charge in [0.05, 0.1) is 11.8 Å². The Morgan fingerprint density at radius 3 is 2.90 bits per heavy atom. The number of fused-ring (bicyclic) bond motifs is 1. The number of nitrogens with zero attached hydrogens (tertiary/aromatic N) is 1. The number of aryl methyl sites for hydroxylation is 2. The van der Waals surface area contributed by atoms with Crippen molar-refractivity contribution in [3.05, 3.63) is 52.9 Å². The van der Waals surface area contributed by atoms with Gasteiger partial charge in [-0.1, -0.05) is 29.4 Å². The summed E-state index contributed by atoms with van der Waals surface area (Å²) in [6.07, 6.45) is 3.43. The maximum atomic E-state index is 12.0. The molecule has 0 radical (unpaired) electrons. The second-order valence-corrected chi connectivity index (χ2v) is 5.65. The molecule has 0 saturated heterocycles. The first-order valence-electron chi connectivity index (χ1n) is 7.06. The number of hydrogen-bond donors (Lipinski definition) is 2. The number of nitrogens with one attached hydrogen (secondary N) is 1. The SMILES string of the molecule is Cc1oncc1C(=O)NC[C@@]1(O)CCc2ccccc2C1. The van der Waals surface area contributed by atoms with E-state index >= 15 is 0 Å². The molecule has 5 heteroatoms. The molecule has 1 amide bonds. The maximum Gasteiger partial charge on any atom is 0.256 e. The summed E-state index contributed by atoms with van der Waals surface area (Å²) in [5.74, 6) is 0.217. The minimum Gasteiger partial charge on any atom is -0.388 e. The minimum atomic E-state index is -0.894. The number of carbonyl (C=O) groups is 1. The number of aliphatic hydroxyl groups is 1. The lowest BCUT2D eigenvalue weighted by Gasteiger charge is -2.33. The third kappa shape index (κ3) is 2.83. The lowest BCUT2D eigenvalue weighted by molar-refractivity contribution is 0.0259. The van der Waals surface area contributed by atoms with Gasteiger partial charge in [0.2, 0.25) is 0 Å². The van der Waals surface area contributed by atoms with Gasteiger partial charge in [0, 0.05) is 13.0 Å². The Morgan fingerprint density at radius 1 is 1.43 bits per heavy atom. The van der Waals surface area contributed by atoms with Gasteiger partial charge in [0.15, 0.2) is 0 Å². The van der Waals surface area contributed by atoms with Gasteiger partial charge in [-0.05, 0) is 30.9 Å². The Hall–Kier alpha value is -2.14. The van der Waals surface area contributed by atoms with Crippen molar-refractivity contribution in [3.8, 4) is 0 Å². The van der Waals surface area contributed by atoms with Crippen LogP contribution in [0.25, 0.3) is 0 Å². The Morgan fingerprint density at radius 2 is 2.19 bits per heavy atom. The lowest BCUT2D eigenvalue weighted by atomic mass is 9.80. The number of aromatic nitrogens is 1. The summed E-state index contributed by atoms with van der Waals surface area (Å²) in [6.45, 7) is 1.91. The second kappa shape index (κ2) is 5.33. The highest BCUT2D eigenvalue weighted by Crippen LogP contribution is 2.28. The minimum absolute atomic E-state index is 0.227. The van der Waals surface area contributed by atoms with Crippen LogP contribution in [0.2, 0.25) is 0 Å². The van der Waals surface area contributed by atoms with Crippen LogP contribution >= 0.6 is 0 Å². The molecule has 3 rings (SSSR count). The molecule has 0 aliphatic heterocycles. The van der Waals surface area contributed by atoms with Crippen molar-refractivity contribution in [1.29, 1.82) is 0 Å². The molecule has 1 aromatic heterocycles. The number of rotatable bonds is 3. The van der Waals surface area contributed by atoms with Crippen LogP contribution < -0.4 is 5.32 Å². The fourth-order valence-corrected chi connectivity index (χ4v) is 2.79. The smallest absolute Gasteiger partial charge is 0.256 e. The van der Waals surface area contributed by atoms with E-state index in [1.165, 1.54) is 11.8 Å². The van der Waals surface area contributed by atoms with Gasteiger partial charge in [0.1, 0.15) is 11.3 Å². The highest BCUT2D eigenvalue weighted by atomic mass is 16.5. The van der Waals surface area contributed by atoms with Crippen molar-refractivity contribution in [2.45, 2.75) is 31.8 Å². The van der Waals surface area contributed by atoms with E-state index in [0.29, 0.717) is 24.2 Å². The van der Waals surface area contributed by atoms with E-state index in [1.54, 1.807) is 6.92 Å². The predicted molar refractivity (Wildman–Crippen MR) is 77.0 cm³/mol. The Kier molecular flexibility index (Phi) is 3.51. The largest absolute Gasteiger partial charge is 0.388 e. The molecule has 2 aromatic rings. The van der Waals surface area contributed by atoms with Crippen LogP contribution in [0.15, 0.2) is 35.0 Å². The van der Waals surface area contributed by atoms with Gasteiger partial charge in [-0.25, -0.2) is 0 Å². The molecule has 21 heavy (non-hydrogen) atoms. The molecular formula is C16H18N2O3. The lowest BCUT2D eigenvalue weighted by Crippen LogP contribution is -2.46. The topological polar surface area (TPSA) is 75.4 Å². The molecule has 0 saturated carbocycles. The summed E-state index contributed by atoms with van der Waals surface area (Å²) >= 11 is 0. The summed E-state index contributed by atoms with van der Waals surface area (Å²) in [5, 5.41) is 17.0. The van der Waals surface area contributed by atoms with Crippen LogP contribution in [0.3, 0.4) is 0 Å². The zero-order chi connectivity index (χ0) is 14.9. The number of amides is 1. The zero-order valence-corrected chi connectivity index (χ0v) is 11.9. The Bertz CT molecular complexity index is 665. The van der Waals surface area contributed by atoms with Crippen LogP contribution in [-0.2, 0) is 12.8 Å². The van der Waals surface area contributed by atoms with Crippen molar-refractivity contribution >= 4 is 5.91 Å². The highest BCUT2D eigenvalue weighted by Gasteiger charge is 2.32. The van der Waals surface area contributed by atoms with Crippen molar-refractivity contribution in [2.24, 2.45) is 0 Å². The molecule has 0 spiro atoms. The first-order chi connectivity index (χ1) is 10.1. The van der Waals surface area contributed by atoms with E-state index in [4.69, 9.17) is 4.52 Å². The molecule has 0 unspecified atom stereocenters. The van der Waals surface area contributed by atoms with E-state index in [1.807, 2.05) is 18.2 Å².